The fourth-order valence-electron chi connectivity index (χ4n) is 2.70. The van der Waals surface area contributed by atoms with Gasteiger partial charge in [-0.15, -0.1) is 0 Å². The predicted molar refractivity (Wildman–Crippen MR) is 84.8 cm³/mol. The van der Waals surface area contributed by atoms with Crippen molar-refractivity contribution in [1.82, 2.24) is 4.31 Å². The Morgan fingerprint density at radius 1 is 1.05 bits per heavy atom. The van der Waals surface area contributed by atoms with Crippen LogP contribution in [0.5, 0.6) is 0 Å². The predicted octanol–water partition coefficient (Wildman–Crippen LogP) is 2.85. The first-order valence-corrected chi connectivity index (χ1v) is 8.61. The molecule has 0 unspecified atom stereocenters. The average Bonchev–Trinajstić information content (AvgIpc) is 2.92. The highest BCUT2D eigenvalue weighted by atomic mass is 32.2. The third-order valence-corrected chi connectivity index (χ3v) is 5.74. The molecule has 0 aliphatic carbocycles. The second-order valence-electron chi connectivity index (χ2n) is 5.62. The molecule has 22 heavy (non-hydrogen) atoms. The molecule has 1 heterocycles. The van der Waals surface area contributed by atoms with E-state index in [1.54, 1.807) is 19.2 Å². The first-order valence-electron chi connectivity index (χ1n) is 7.17. The maximum atomic E-state index is 12.7. The van der Waals surface area contributed by atoms with Gasteiger partial charge in [-0.25, -0.2) is 8.42 Å². The minimum Gasteiger partial charge on any atom is -0.380 e. The molecule has 0 radical (unpaired) electrons. The van der Waals surface area contributed by atoms with Crippen LogP contribution in [0.25, 0.3) is 0 Å². The van der Waals surface area contributed by atoms with Gasteiger partial charge in [0, 0.05) is 20.2 Å². The highest BCUT2D eigenvalue weighted by Crippen LogP contribution is 2.29. The van der Waals surface area contributed by atoms with Crippen LogP contribution in [-0.4, -0.2) is 19.8 Å². The van der Waals surface area contributed by atoms with Crippen LogP contribution in [0.2, 0.25) is 0 Å². The molecule has 0 atom stereocenters. The van der Waals surface area contributed by atoms with E-state index in [2.05, 4.69) is 0 Å². The van der Waals surface area contributed by atoms with Gasteiger partial charge in [-0.2, -0.15) is 4.31 Å². The Morgan fingerprint density at radius 3 is 2.41 bits per heavy atom. The summed E-state index contributed by atoms with van der Waals surface area (Å²) in [5.74, 6) is 0. The van der Waals surface area contributed by atoms with Gasteiger partial charge in [0.1, 0.15) is 0 Å². The first kappa shape index (κ1) is 15.2. The molecule has 2 aromatic rings. The summed E-state index contributed by atoms with van der Waals surface area (Å²) in [6.07, 6.45) is 0. The first-order chi connectivity index (χ1) is 10.5. The minimum absolute atomic E-state index is 0.350. The van der Waals surface area contributed by atoms with E-state index in [4.69, 9.17) is 4.74 Å². The lowest BCUT2D eigenvalue weighted by Gasteiger charge is -2.15. The molecule has 0 spiro atoms. The fraction of sp³-hybridized carbons (Fsp3) is 0.294. The van der Waals surface area contributed by atoms with Crippen LogP contribution in [0.4, 0.5) is 0 Å². The van der Waals surface area contributed by atoms with Gasteiger partial charge >= 0.3 is 0 Å². The Labute approximate surface area is 131 Å². The van der Waals surface area contributed by atoms with Crippen molar-refractivity contribution in [1.29, 1.82) is 0 Å². The number of rotatable bonds is 4. The van der Waals surface area contributed by atoms with Gasteiger partial charge in [0.15, 0.2) is 0 Å². The SMILES string of the molecule is COCc1ccc2c(c1)CN(S(=O)(=O)c1ccc(C)cc1)C2. The van der Waals surface area contributed by atoms with Gasteiger partial charge in [0.2, 0.25) is 10.0 Å². The summed E-state index contributed by atoms with van der Waals surface area (Å²) < 4.78 is 32.1. The number of nitrogens with zero attached hydrogens (tertiary/aromatic N) is 1. The molecule has 0 fully saturated rings. The summed E-state index contributed by atoms with van der Waals surface area (Å²) >= 11 is 0. The van der Waals surface area contributed by atoms with Crippen molar-refractivity contribution in [3.63, 3.8) is 0 Å². The molecular weight excluding hydrogens is 298 g/mol. The smallest absolute Gasteiger partial charge is 0.243 e. The van der Waals surface area contributed by atoms with E-state index in [1.807, 2.05) is 37.3 Å². The van der Waals surface area contributed by atoms with E-state index < -0.39 is 10.0 Å². The number of hydrogen-bond donors (Lipinski definition) is 0. The number of hydrogen-bond acceptors (Lipinski definition) is 3. The molecule has 116 valence electrons. The number of sulfonamides is 1. The Morgan fingerprint density at radius 2 is 1.73 bits per heavy atom. The molecule has 0 saturated carbocycles. The van der Waals surface area contributed by atoms with Crippen molar-refractivity contribution >= 4 is 10.0 Å². The van der Waals surface area contributed by atoms with Gasteiger partial charge in [-0.05, 0) is 35.7 Å². The third kappa shape index (κ3) is 2.79. The molecule has 0 bridgehead atoms. The lowest BCUT2D eigenvalue weighted by molar-refractivity contribution is 0.185. The lowest BCUT2D eigenvalue weighted by atomic mass is 10.1. The van der Waals surface area contributed by atoms with Crippen LogP contribution >= 0.6 is 0 Å². The summed E-state index contributed by atoms with van der Waals surface area (Å²) in [6.45, 7) is 3.33. The highest BCUT2D eigenvalue weighted by Gasteiger charge is 2.30. The summed E-state index contributed by atoms with van der Waals surface area (Å²) in [4.78, 5) is 0.350. The Balaban J connectivity index is 1.87. The number of fused-ring (bicyclic) bond motifs is 1. The van der Waals surface area contributed by atoms with Gasteiger partial charge in [-0.1, -0.05) is 35.9 Å². The Hall–Kier alpha value is -1.69. The van der Waals surface area contributed by atoms with Gasteiger partial charge in [0.05, 0.1) is 11.5 Å². The molecule has 0 saturated heterocycles. The summed E-state index contributed by atoms with van der Waals surface area (Å²) in [5, 5.41) is 0. The molecule has 1 aliphatic heterocycles. The van der Waals surface area contributed by atoms with Crippen molar-refractivity contribution < 1.29 is 13.2 Å². The fourth-order valence-corrected chi connectivity index (χ4v) is 4.10. The van der Waals surface area contributed by atoms with E-state index in [9.17, 15) is 8.42 Å². The quantitative estimate of drug-likeness (QED) is 0.871. The lowest BCUT2D eigenvalue weighted by Crippen LogP contribution is -2.25. The molecule has 4 nitrogen and oxygen atoms in total. The van der Waals surface area contributed by atoms with Gasteiger partial charge in [0.25, 0.3) is 0 Å². The molecule has 0 amide bonds. The summed E-state index contributed by atoms with van der Waals surface area (Å²) in [5.41, 5.74) is 4.24. The van der Waals surface area contributed by atoms with E-state index >= 15 is 0 Å². The summed E-state index contributed by atoms with van der Waals surface area (Å²) in [7, 11) is -1.79. The van der Waals surface area contributed by atoms with Crippen molar-refractivity contribution in [2.45, 2.75) is 31.5 Å². The van der Waals surface area contributed by atoms with E-state index in [1.165, 1.54) is 4.31 Å². The standard InChI is InChI=1S/C17H19NO3S/c1-13-3-7-17(8-4-13)22(19,20)18-10-15-6-5-14(12-21-2)9-16(15)11-18/h3-9H,10-12H2,1-2H3. The van der Waals surface area contributed by atoms with Gasteiger partial charge in [-0.3, -0.25) is 0 Å². The zero-order chi connectivity index (χ0) is 15.7. The van der Waals surface area contributed by atoms with Crippen molar-refractivity contribution in [3.05, 3.63) is 64.7 Å². The second kappa shape index (κ2) is 5.83. The third-order valence-electron chi connectivity index (χ3n) is 3.93. The van der Waals surface area contributed by atoms with Gasteiger partial charge < -0.3 is 4.74 Å². The zero-order valence-electron chi connectivity index (χ0n) is 12.7. The van der Waals surface area contributed by atoms with E-state index in [0.717, 1.165) is 22.3 Å². The van der Waals surface area contributed by atoms with E-state index in [-0.39, 0.29) is 0 Å². The summed E-state index contributed by atoms with van der Waals surface area (Å²) in [6, 6.07) is 13.0. The minimum atomic E-state index is -3.45. The van der Waals surface area contributed by atoms with Crippen molar-refractivity contribution in [3.8, 4) is 0 Å². The monoisotopic (exact) mass is 317 g/mol. The maximum absolute atomic E-state index is 12.7. The number of methoxy groups -OCH3 is 1. The largest absolute Gasteiger partial charge is 0.380 e. The van der Waals surface area contributed by atoms with Crippen molar-refractivity contribution in [2.75, 3.05) is 7.11 Å². The van der Waals surface area contributed by atoms with E-state index in [0.29, 0.717) is 24.6 Å². The highest BCUT2D eigenvalue weighted by molar-refractivity contribution is 7.89. The van der Waals surface area contributed by atoms with Crippen LogP contribution in [-0.2, 0) is 34.5 Å². The van der Waals surface area contributed by atoms with Crippen LogP contribution in [0.3, 0.4) is 0 Å². The second-order valence-corrected chi connectivity index (χ2v) is 7.56. The molecule has 0 aromatic heterocycles. The Bertz CT molecular complexity index is 782. The molecular formula is C17H19NO3S. The van der Waals surface area contributed by atoms with Crippen LogP contribution in [0, 0.1) is 6.92 Å². The topological polar surface area (TPSA) is 46.6 Å². The number of aryl methyl sites for hydroxylation is 1. The Kier molecular flexibility index (Phi) is 4.04. The van der Waals surface area contributed by atoms with Crippen LogP contribution in [0.1, 0.15) is 22.3 Å². The maximum Gasteiger partial charge on any atom is 0.243 e. The number of ether oxygens (including phenoxy) is 1. The van der Waals surface area contributed by atoms with Crippen LogP contribution in [0.15, 0.2) is 47.4 Å². The van der Waals surface area contributed by atoms with Crippen LogP contribution < -0.4 is 0 Å². The molecule has 0 N–H and O–H groups in total. The molecule has 5 heteroatoms. The zero-order valence-corrected chi connectivity index (χ0v) is 13.6. The average molecular weight is 317 g/mol. The molecule has 2 aromatic carbocycles. The molecule has 3 rings (SSSR count). The normalized spacial score (nSPS) is 15.0. The number of benzene rings is 2. The van der Waals surface area contributed by atoms with Crippen molar-refractivity contribution in [2.24, 2.45) is 0 Å². The molecule has 1 aliphatic rings.